The fourth-order valence-corrected chi connectivity index (χ4v) is 0.634. The minimum atomic E-state index is -0.0278. The van der Waals surface area contributed by atoms with Crippen LogP contribution in [-0.4, -0.2) is 12.6 Å². The molecule has 0 saturated heterocycles. The highest BCUT2D eigenvalue weighted by atomic mass is 16.5. The van der Waals surface area contributed by atoms with E-state index < -0.39 is 0 Å². The van der Waals surface area contributed by atoms with Crippen LogP contribution in [0.1, 0.15) is 20.3 Å². The maximum atomic E-state index is 9.74. The van der Waals surface area contributed by atoms with E-state index in [0.29, 0.717) is 6.47 Å². The average Bonchev–Trinajstić information content (AvgIpc) is 1.63. The Balaban J connectivity index is 3.37. The Morgan fingerprint density at radius 2 is 2.44 bits per heavy atom. The van der Waals surface area contributed by atoms with Crippen LogP contribution in [0.4, 0.5) is 0 Å². The molecule has 0 bridgehead atoms. The van der Waals surface area contributed by atoms with E-state index in [2.05, 4.69) is 11.3 Å². The average molecular weight is 128 g/mol. The lowest BCUT2D eigenvalue weighted by Crippen LogP contribution is -2.06. The molecule has 52 valence electrons. The molecule has 1 atom stereocenters. The van der Waals surface area contributed by atoms with Crippen LogP contribution < -0.4 is 0 Å². The van der Waals surface area contributed by atoms with Gasteiger partial charge in [-0.2, -0.15) is 0 Å². The minimum absolute atomic E-state index is 0.0278. The molecule has 2 nitrogen and oxygen atoms in total. The van der Waals surface area contributed by atoms with Gasteiger partial charge in [0, 0.05) is 6.42 Å². The fraction of sp³-hybridized carbons (Fsp3) is 0.571. The van der Waals surface area contributed by atoms with Gasteiger partial charge in [0.25, 0.3) is 6.47 Å². The van der Waals surface area contributed by atoms with E-state index in [1.165, 1.54) is 0 Å². The highest BCUT2D eigenvalue weighted by Gasteiger charge is 1.99. The monoisotopic (exact) mass is 128 g/mol. The zero-order valence-electron chi connectivity index (χ0n) is 5.89. The smallest absolute Gasteiger partial charge is 0.293 e. The molecule has 0 spiro atoms. The molecule has 0 aromatic rings. The van der Waals surface area contributed by atoms with Gasteiger partial charge < -0.3 is 4.74 Å². The summed E-state index contributed by atoms with van der Waals surface area (Å²) in [5, 5.41) is 0. The van der Waals surface area contributed by atoms with E-state index in [0.717, 1.165) is 12.0 Å². The summed E-state index contributed by atoms with van der Waals surface area (Å²) in [6.45, 7) is 7.89. The van der Waals surface area contributed by atoms with Crippen molar-refractivity contribution in [3.05, 3.63) is 12.2 Å². The molecule has 0 radical (unpaired) electrons. The third kappa shape index (κ3) is 5.07. The molecule has 0 aliphatic rings. The van der Waals surface area contributed by atoms with Crippen LogP contribution in [0.2, 0.25) is 0 Å². The van der Waals surface area contributed by atoms with Gasteiger partial charge in [0.1, 0.15) is 6.10 Å². The quantitative estimate of drug-likeness (QED) is 0.424. The first kappa shape index (κ1) is 8.21. The van der Waals surface area contributed by atoms with Crippen molar-refractivity contribution in [3.8, 4) is 0 Å². The number of carbonyl (C=O) groups excluding carboxylic acids is 1. The summed E-state index contributed by atoms with van der Waals surface area (Å²) in [4.78, 5) is 9.74. The molecule has 0 aromatic carbocycles. The van der Waals surface area contributed by atoms with Crippen molar-refractivity contribution in [2.75, 3.05) is 0 Å². The normalized spacial score (nSPS) is 12.2. The van der Waals surface area contributed by atoms with Crippen LogP contribution in [0.25, 0.3) is 0 Å². The summed E-state index contributed by atoms with van der Waals surface area (Å²) < 4.78 is 4.61. The molecule has 0 aliphatic heterocycles. The number of rotatable bonds is 4. The molecule has 0 saturated carbocycles. The maximum absolute atomic E-state index is 9.74. The Bertz CT molecular complexity index is 107. The summed E-state index contributed by atoms with van der Waals surface area (Å²) >= 11 is 0. The lowest BCUT2D eigenvalue weighted by Gasteiger charge is -2.07. The molecule has 9 heavy (non-hydrogen) atoms. The van der Waals surface area contributed by atoms with Crippen molar-refractivity contribution in [3.63, 3.8) is 0 Å². The molecule has 1 unspecified atom stereocenters. The van der Waals surface area contributed by atoms with Gasteiger partial charge in [-0.15, -0.1) is 6.58 Å². The van der Waals surface area contributed by atoms with Crippen molar-refractivity contribution in [2.24, 2.45) is 0 Å². The standard InChI is InChI=1S/C7H12O2/c1-6(2)4-7(3)9-5-8/h5,7H,1,4H2,2-3H3. The molecule has 0 fully saturated rings. The van der Waals surface area contributed by atoms with Gasteiger partial charge in [0.05, 0.1) is 0 Å². The molecular weight excluding hydrogens is 116 g/mol. The molecule has 0 amide bonds. The second-order valence-electron chi connectivity index (χ2n) is 2.20. The fourth-order valence-electron chi connectivity index (χ4n) is 0.634. The molecule has 0 heterocycles. The Kier molecular flexibility index (Phi) is 3.76. The van der Waals surface area contributed by atoms with E-state index >= 15 is 0 Å². The summed E-state index contributed by atoms with van der Waals surface area (Å²) in [6.07, 6.45) is 0.721. The van der Waals surface area contributed by atoms with Crippen molar-refractivity contribution in [1.82, 2.24) is 0 Å². The number of carbonyl (C=O) groups is 1. The largest absolute Gasteiger partial charge is 0.465 e. The molecule has 0 aromatic heterocycles. The summed E-state index contributed by atoms with van der Waals surface area (Å²) in [6, 6.07) is 0. The lowest BCUT2D eigenvalue weighted by molar-refractivity contribution is -0.132. The Hall–Kier alpha value is -0.790. The number of ether oxygens (including phenoxy) is 1. The summed E-state index contributed by atoms with van der Waals surface area (Å²) in [5.74, 6) is 0. The van der Waals surface area contributed by atoms with Gasteiger partial charge >= 0.3 is 0 Å². The molecule has 0 N–H and O–H groups in total. The van der Waals surface area contributed by atoms with Gasteiger partial charge in [0.15, 0.2) is 0 Å². The van der Waals surface area contributed by atoms with Crippen LogP contribution in [0.15, 0.2) is 12.2 Å². The first-order valence-corrected chi connectivity index (χ1v) is 2.90. The van der Waals surface area contributed by atoms with Crippen LogP contribution >= 0.6 is 0 Å². The zero-order valence-corrected chi connectivity index (χ0v) is 5.89. The predicted molar refractivity (Wildman–Crippen MR) is 36.0 cm³/mol. The van der Waals surface area contributed by atoms with Crippen LogP contribution in [0.5, 0.6) is 0 Å². The zero-order chi connectivity index (χ0) is 7.28. The minimum Gasteiger partial charge on any atom is -0.465 e. The molecule has 0 rings (SSSR count). The second kappa shape index (κ2) is 4.13. The molecular formula is C7H12O2. The van der Waals surface area contributed by atoms with Crippen LogP contribution in [-0.2, 0) is 9.53 Å². The van der Waals surface area contributed by atoms with E-state index in [4.69, 9.17) is 0 Å². The Morgan fingerprint density at radius 3 is 2.78 bits per heavy atom. The SMILES string of the molecule is C=C(C)CC(C)OC=O. The highest BCUT2D eigenvalue weighted by molar-refractivity contribution is 5.37. The van der Waals surface area contributed by atoms with E-state index in [9.17, 15) is 4.79 Å². The highest BCUT2D eigenvalue weighted by Crippen LogP contribution is 2.02. The van der Waals surface area contributed by atoms with Crippen molar-refractivity contribution in [1.29, 1.82) is 0 Å². The Labute approximate surface area is 55.5 Å². The van der Waals surface area contributed by atoms with Gasteiger partial charge in [0.2, 0.25) is 0 Å². The van der Waals surface area contributed by atoms with Gasteiger partial charge in [-0.25, -0.2) is 0 Å². The maximum Gasteiger partial charge on any atom is 0.293 e. The number of hydrogen-bond acceptors (Lipinski definition) is 2. The van der Waals surface area contributed by atoms with Crippen molar-refractivity contribution in [2.45, 2.75) is 26.4 Å². The van der Waals surface area contributed by atoms with Crippen LogP contribution in [0, 0.1) is 0 Å². The van der Waals surface area contributed by atoms with Gasteiger partial charge in [-0.3, -0.25) is 4.79 Å². The topological polar surface area (TPSA) is 26.3 Å². The molecule has 2 heteroatoms. The van der Waals surface area contributed by atoms with Gasteiger partial charge in [-0.1, -0.05) is 5.57 Å². The third-order valence-electron chi connectivity index (χ3n) is 0.924. The van der Waals surface area contributed by atoms with Crippen molar-refractivity contribution >= 4 is 6.47 Å². The Morgan fingerprint density at radius 1 is 1.89 bits per heavy atom. The third-order valence-corrected chi connectivity index (χ3v) is 0.924. The van der Waals surface area contributed by atoms with E-state index in [1.807, 2.05) is 13.8 Å². The summed E-state index contributed by atoms with van der Waals surface area (Å²) in [7, 11) is 0. The number of hydrogen-bond donors (Lipinski definition) is 0. The molecule has 0 aliphatic carbocycles. The first-order chi connectivity index (χ1) is 4.16. The predicted octanol–water partition coefficient (Wildman–Crippen LogP) is 1.51. The second-order valence-corrected chi connectivity index (χ2v) is 2.20. The van der Waals surface area contributed by atoms with Gasteiger partial charge in [-0.05, 0) is 13.8 Å². The van der Waals surface area contributed by atoms with E-state index in [1.54, 1.807) is 0 Å². The lowest BCUT2D eigenvalue weighted by atomic mass is 10.2. The van der Waals surface area contributed by atoms with Crippen LogP contribution in [0.3, 0.4) is 0 Å². The van der Waals surface area contributed by atoms with E-state index in [-0.39, 0.29) is 6.10 Å². The first-order valence-electron chi connectivity index (χ1n) is 2.90. The summed E-state index contributed by atoms with van der Waals surface area (Å²) in [5.41, 5.74) is 1.03. The van der Waals surface area contributed by atoms with Crippen molar-refractivity contribution < 1.29 is 9.53 Å².